The number of rotatable bonds is 6. The second-order valence-electron chi connectivity index (χ2n) is 11.5. The highest BCUT2D eigenvalue weighted by Crippen LogP contribution is 2.57. The van der Waals surface area contributed by atoms with Gasteiger partial charge in [-0.1, -0.05) is 23.7 Å². The molecule has 7 rings (SSSR count). The van der Waals surface area contributed by atoms with Crippen LogP contribution in [0.5, 0.6) is 17.4 Å². The van der Waals surface area contributed by atoms with Crippen molar-refractivity contribution in [1.29, 1.82) is 0 Å². The Labute approximate surface area is 239 Å². The lowest BCUT2D eigenvalue weighted by Gasteiger charge is -2.36. The van der Waals surface area contributed by atoms with E-state index in [4.69, 9.17) is 21.1 Å². The van der Waals surface area contributed by atoms with Crippen molar-refractivity contribution in [3.8, 4) is 17.4 Å². The number of likely N-dealkylation sites (tertiary alicyclic amines) is 1. The average molecular weight is 561 g/mol. The number of piperidine rings is 1. The molecule has 1 spiro atoms. The molecule has 4 heterocycles. The lowest BCUT2D eigenvalue weighted by Crippen LogP contribution is -2.40. The molecule has 1 N–H and O–H groups in total. The van der Waals surface area contributed by atoms with Crippen molar-refractivity contribution in [3.05, 3.63) is 58.7 Å². The number of hydrogen-bond acceptors (Lipinski definition) is 8. The van der Waals surface area contributed by atoms with Crippen LogP contribution >= 0.6 is 11.6 Å². The van der Waals surface area contributed by atoms with Gasteiger partial charge in [0, 0.05) is 45.0 Å². The van der Waals surface area contributed by atoms with Crippen molar-refractivity contribution >= 4 is 34.8 Å². The van der Waals surface area contributed by atoms with Crippen molar-refractivity contribution in [2.45, 2.75) is 24.8 Å². The van der Waals surface area contributed by atoms with Crippen LogP contribution < -0.4 is 19.7 Å². The number of carbonyl (C=O) groups excluding carboxylic acids is 1. The van der Waals surface area contributed by atoms with Crippen molar-refractivity contribution in [2.24, 2.45) is 11.8 Å². The predicted octanol–water partition coefficient (Wildman–Crippen LogP) is 5.14. The molecule has 2 aromatic carbocycles. The number of ether oxygens (including phenoxy) is 2. The Hall–Kier alpha value is -3.56. The molecule has 3 fully saturated rings. The fourth-order valence-electron chi connectivity index (χ4n) is 6.82. The molecule has 208 valence electrons. The minimum Gasteiger partial charge on any atom is -0.494 e. The first-order chi connectivity index (χ1) is 19.4. The third-order valence-electron chi connectivity index (χ3n) is 9.11. The first kappa shape index (κ1) is 25.4. The number of nitrogens with one attached hydrogen (secondary N) is 1. The summed E-state index contributed by atoms with van der Waals surface area (Å²) < 4.78 is 11.9. The van der Waals surface area contributed by atoms with Gasteiger partial charge in [-0.2, -0.15) is 4.98 Å². The van der Waals surface area contributed by atoms with Gasteiger partial charge < -0.3 is 29.5 Å². The van der Waals surface area contributed by atoms with E-state index in [-0.39, 0.29) is 22.3 Å². The maximum atomic E-state index is 13.1. The Morgan fingerprint density at radius 1 is 1.07 bits per heavy atom. The summed E-state index contributed by atoms with van der Waals surface area (Å²) in [6.45, 7) is 4.48. The topological polar surface area (TPSA) is 83.1 Å². The smallest absolute Gasteiger partial charge is 0.258 e. The van der Waals surface area contributed by atoms with Crippen LogP contribution in [0.4, 0.5) is 17.3 Å². The molecular formula is C30H33ClN6O3. The summed E-state index contributed by atoms with van der Waals surface area (Å²) in [5.74, 6) is 3.11. The van der Waals surface area contributed by atoms with Gasteiger partial charge in [0.1, 0.15) is 16.5 Å². The zero-order valence-electron chi connectivity index (χ0n) is 23.0. The van der Waals surface area contributed by atoms with E-state index in [1.165, 1.54) is 19.2 Å². The van der Waals surface area contributed by atoms with Crippen LogP contribution in [-0.4, -0.2) is 73.1 Å². The van der Waals surface area contributed by atoms with E-state index >= 15 is 0 Å². The van der Waals surface area contributed by atoms with E-state index in [0.717, 1.165) is 55.3 Å². The number of benzene rings is 2. The Morgan fingerprint density at radius 3 is 2.70 bits per heavy atom. The zero-order valence-corrected chi connectivity index (χ0v) is 23.7. The number of fused-ring (bicyclic) bond motifs is 3. The van der Waals surface area contributed by atoms with E-state index in [1.54, 1.807) is 13.2 Å². The molecule has 1 aliphatic carbocycles. The summed E-state index contributed by atoms with van der Waals surface area (Å²) in [5.41, 5.74) is 3.29. The molecule has 0 bridgehead atoms. The molecule has 2 unspecified atom stereocenters. The van der Waals surface area contributed by atoms with Crippen LogP contribution in [-0.2, 0) is 5.54 Å². The first-order valence-electron chi connectivity index (χ1n) is 13.9. The van der Waals surface area contributed by atoms with Gasteiger partial charge in [0.2, 0.25) is 11.8 Å². The van der Waals surface area contributed by atoms with Gasteiger partial charge in [-0.15, -0.1) is 0 Å². The van der Waals surface area contributed by atoms with Gasteiger partial charge >= 0.3 is 0 Å². The number of methoxy groups -OCH3 is 1. The maximum absolute atomic E-state index is 13.1. The molecular weight excluding hydrogens is 528 g/mol. The Balaban J connectivity index is 1.11. The lowest BCUT2D eigenvalue weighted by molar-refractivity contribution is 0.0753. The molecule has 3 aromatic rings. The van der Waals surface area contributed by atoms with E-state index in [1.807, 2.05) is 30.1 Å². The molecule has 2 saturated heterocycles. The Kier molecular flexibility index (Phi) is 6.05. The van der Waals surface area contributed by atoms with Crippen LogP contribution in [0, 0.1) is 11.8 Å². The summed E-state index contributed by atoms with van der Waals surface area (Å²) in [5, 5.41) is 3.51. The van der Waals surface area contributed by atoms with Crippen LogP contribution in [0.1, 0.15) is 35.2 Å². The minimum absolute atomic E-state index is 0.0411. The summed E-state index contributed by atoms with van der Waals surface area (Å²) in [6, 6.07) is 11.9. The Morgan fingerprint density at radius 2 is 1.90 bits per heavy atom. The van der Waals surface area contributed by atoms with E-state index in [0.29, 0.717) is 28.9 Å². The fourth-order valence-corrected chi connectivity index (χ4v) is 6.95. The van der Waals surface area contributed by atoms with Gasteiger partial charge in [0.25, 0.3) is 5.91 Å². The molecule has 1 aromatic heterocycles. The molecule has 0 radical (unpaired) electrons. The predicted molar refractivity (Wildman–Crippen MR) is 154 cm³/mol. The molecule has 3 aliphatic heterocycles. The summed E-state index contributed by atoms with van der Waals surface area (Å²) >= 11 is 6.44. The number of carbonyl (C=O) groups is 1. The van der Waals surface area contributed by atoms with Gasteiger partial charge in [-0.3, -0.25) is 4.79 Å². The highest BCUT2D eigenvalue weighted by molar-refractivity contribution is 6.31. The number of amides is 1. The van der Waals surface area contributed by atoms with Crippen LogP contribution in [0.15, 0.2) is 42.6 Å². The van der Waals surface area contributed by atoms with Crippen LogP contribution in [0.3, 0.4) is 0 Å². The number of nitrogens with zero attached hydrogens (tertiary/aromatic N) is 5. The zero-order chi connectivity index (χ0) is 27.6. The largest absolute Gasteiger partial charge is 0.494 e. The van der Waals surface area contributed by atoms with Gasteiger partial charge in [-0.25, -0.2) is 4.98 Å². The van der Waals surface area contributed by atoms with Crippen molar-refractivity contribution in [1.82, 2.24) is 19.8 Å². The maximum Gasteiger partial charge on any atom is 0.258 e. The number of halogens is 1. The van der Waals surface area contributed by atoms with Crippen LogP contribution in [0.2, 0.25) is 5.02 Å². The van der Waals surface area contributed by atoms with E-state index < -0.39 is 0 Å². The standard InChI is InChI=1S/C30H33ClN6O3/c1-35-15-18-9-12-37(17-19(18)16-35)20-7-8-23(25(13-20)39-3)33-29-32-14-22(31)27(34-29)40-24-6-4-5-21-26(24)28(38)36(2)30(21)10-11-30/h4-8,13-14,18-19H,9-12,15-17H2,1-3H3,(H,32,33,34). The Bertz CT molecular complexity index is 1490. The summed E-state index contributed by atoms with van der Waals surface area (Å²) in [6.07, 6.45) is 4.64. The summed E-state index contributed by atoms with van der Waals surface area (Å²) in [4.78, 5) is 28.7. The molecule has 2 atom stereocenters. The quantitative estimate of drug-likeness (QED) is 0.444. The third kappa shape index (κ3) is 4.14. The molecule has 4 aliphatic rings. The highest BCUT2D eigenvalue weighted by atomic mass is 35.5. The second-order valence-corrected chi connectivity index (χ2v) is 11.9. The minimum atomic E-state index is -0.194. The SMILES string of the molecule is COc1cc(N2CCC3CN(C)CC3C2)ccc1Nc1ncc(Cl)c(Oc2cccc3c2C(=O)N(C)C32CC2)n1. The van der Waals surface area contributed by atoms with Gasteiger partial charge in [0.15, 0.2) is 0 Å². The van der Waals surface area contributed by atoms with Crippen molar-refractivity contribution in [2.75, 3.05) is 57.6 Å². The monoisotopic (exact) mass is 560 g/mol. The third-order valence-corrected chi connectivity index (χ3v) is 9.37. The second kappa shape index (κ2) is 9.52. The molecule has 1 amide bonds. The molecule has 9 nitrogen and oxygen atoms in total. The van der Waals surface area contributed by atoms with Crippen molar-refractivity contribution < 1.29 is 14.3 Å². The normalized spacial score (nSPS) is 22.9. The van der Waals surface area contributed by atoms with Gasteiger partial charge in [-0.05, 0) is 61.9 Å². The van der Waals surface area contributed by atoms with E-state index in [9.17, 15) is 4.79 Å². The molecule has 1 saturated carbocycles. The molecule has 10 heteroatoms. The average Bonchev–Trinajstić information content (AvgIpc) is 3.63. The first-order valence-corrected chi connectivity index (χ1v) is 14.2. The lowest BCUT2D eigenvalue weighted by atomic mass is 9.88. The highest BCUT2D eigenvalue weighted by Gasteiger charge is 2.57. The number of anilines is 3. The van der Waals surface area contributed by atoms with E-state index in [2.05, 4.69) is 44.3 Å². The number of hydrogen-bond donors (Lipinski definition) is 1. The fraction of sp³-hybridized carbons (Fsp3) is 0.433. The van der Waals surface area contributed by atoms with Crippen LogP contribution in [0.25, 0.3) is 0 Å². The summed E-state index contributed by atoms with van der Waals surface area (Å²) in [7, 11) is 5.73. The molecule has 40 heavy (non-hydrogen) atoms. The van der Waals surface area contributed by atoms with Crippen molar-refractivity contribution in [3.63, 3.8) is 0 Å². The number of aromatic nitrogens is 2. The van der Waals surface area contributed by atoms with Gasteiger partial charge in [0.05, 0.1) is 30.1 Å².